The molecule has 0 atom stereocenters. The highest BCUT2D eigenvalue weighted by Crippen LogP contribution is 2.01. The van der Waals surface area contributed by atoms with Crippen molar-refractivity contribution in [2.45, 2.75) is 13.8 Å². The van der Waals surface area contributed by atoms with Gasteiger partial charge in [0.05, 0.1) is 12.3 Å². The Morgan fingerprint density at radius 3 is 2.62 bits per heavy atom. The number of hydrogen-bond donors (Lipinski definition) is 1. The van der Waals surface area contributed by atoms with Crippen LogP contribution in [0.25, 0.3) is 0 Å². The summed E-state index contributed by atoms with van der Waals surface area (Å²) in [6.07, 6.45) is 0. The average molecular weight is 184 g/mol. The number of rotatable bonds is 2. The number of aromatic nitrogens is 2. The molecule has 5 nitrogen and oxygen atoms in total. The van der Waals surface area contributed by atoms with E-state index in [9.17, 15) is 9.59 Å². The Labute approximate surface area is 75.3 Å². The maximum atomic E-state index is 11.2. The van der Waals surface area contributed by atoms with E-state index in [4.69, 9.17) is 4.74 Å². The molecule has 0 aliphatic heterocycles. The third-order valence-electron chi connectivity index (χ3n) is 1.84. The van der Waals surface area contributed by atoms with Gasteiger partial charge < -0.3 is 4.74 Å². The van der Waals surface area contributed by atoms with Crippen molar-refractivity contribution < 1.29 is 9.53 Å². The van der Waals surface area contributed by atoms with E-state index in [1.165, 1.54) is 4.68 Å². The van der Waals surface area contributed by atoms with Crippen LogP contribution in [0.3, 0.4) is 0 Å². The van der Waals surface area contributed by atoms with Crippen LogP contribution in [0.1, 0.15) is 23.0 Å². The third kappa shape index (κ3) is 1.63. The number of nitrogens with one attached hydrogen (secondary N) is 1. The molecule has 13 heavy (non-hydrogen) atoms. The molecular weight excluding hydrogens is 172 g/mol. The van der Waals surface area contributed by atoms with Crippen molar-refractivity contribution in [3.63, 3.8) is 0 Å². The summed E-state index contributed by atoms with van der Waals surface area (Å²) in [6, 6.07) is 0. The lowest BCUT2D eigenvalue weighted by molar-refractivity contribution is 0.0524. The maximum absolute atomic E-state index is 11.2. The zero-order valence-corrected chi connectivity index (χ0v) is 7.88. The summed E-state index contributed by atoms with van der Waals surface area (Å²) in [5, 5.41) is 2.48. The minimum absolute atomic E-state index is 0.0874. The Hall–Kier alpha value is -1.52. The second kappa shape index (κ2) is 3.47. The van der Waals surface area contributed by atoms with Crippen molar-refractivity contribution in [3.8, 4) is 0 Å². The Morgan fingerprint density at radius 2 is 2.23 bits per heavy atom. The van der Waals surface area contributed by atoms with Crippen LogP contribution in [0.15, 0.2) is 4.79 Å². The van der Waals surface area contributed by atoms with Gasteiger partial charge in [-0.25, -0.2) is 4.79 Å². The van der Waals surface area contributed by atoms with Crippen LogP contribution in [0.5, 0.6) is 0 Å². The van der Waals surface area contributed by atoms with Crippen LogP contribution in [-0.4, -0.2) is 22.4 Å². The first-order chi connectivity index (χ1) is 6.07. The second-order valence-electron chi connectivity index (χ2n) is 2.68. The molecule has 0 bridgehead atoms. The summed E-state index contributed by atoms with van der Waals surface area (Å²) in [5.74, 6) is -0.568. The Bertz CT molecular complexity index is 375. The van der Waals surface area contributed by atoms with Crippen molar-refractivity contribution in [3.05, 3.63) is 21.6 Å². The molecule has 0 radical (unpaired) electrons. The summed E-state index contributed by atoms with van der Waals surface area (Å²) >= 11 is 0. The number of carbonyl (C=O) groups is 1. The lowest BCUT2D eigenvalue weighted by Gasteiger charge is -1.99. The van der Waals surface area contributed by atoms with E-state index in [0.29, 0.717) is 5.69 Å². The molecule has 72 valence electrons. The highest BCUT2D eigenvalue weighted by Gasteiger charge is 2.17. The summed E-state index contributed by atoms with van der Waals surface area (Å²) in [7, 11) is 1.67. The summed E-state index contributed by atoms with van der Waals surface area (Å²) in [4.78, 5) is 22.4. The van der Waals surface area contributed by atoms with E-state index in [0.717, 1.165) is 0 Å². The quantitative estimate of drug-likeness (QED) is 0.668. The lowest BCUT2D eigenvalue weighted by atomic mass is 10.2. The van der Waals surface area contributed by atoms with Gasteiger partial charge in [-0.1, -0.05) is 0 Å². The van der Waals surface area contributed by atoms with Crippen LogP contribution < -0.4 is 5.56 Å². The molecule has 1 N–H and O–H groups in total. The van der Waals surface area contributed by atoms with Gasteiger partial charge in [0.2, 0.25) is 0 Å². The Morgan fingerprint density at radius 1 is 1.62 bits per heavy atom. The highest BCUT2D eigenvalue weighted by atomic mass is 16.5. The Kier molecular flexibility index (Phi) is 2.55. The molecule has 0 amide bonds. The molecule has 0 saturated carbocycles. The number of nitrogens with zero attached hydrogens (tertiary/aromatic N) is 1. The SMILES string of the molecule is CCOC(=O)c1c(C)n(C)[nH]c1=O. The van der Waals surface area contributed by atoms with Gasteiger partial charge in [-0.15, -0.1) is 0 Å². The summed E-state index contributed by atoms with van der Waals surface area (Å²) in [6.45, 7) is 3.65. The molecule has 0 unspecified atom stereocenters. The first kappa shape index (κ1) is 9.57. The van der Waals surface area contributed by atoms with Crippen LogP contribution >= 0.6 is 0 Å². The standard InChI is InChI=1S/C8H12N2O3/c1-4-13-8(12)6-5(2)10(3)9-7(6)11/h4H2,1-3H3,(H,9,11). The lowest BCUT2D eigenvalue weighted by Crippen LogP contribution is -2.15. The highest BCUT2D eigenvalue weighted by molar-refractivity contribution is 5.90. The fourth-order valence-corrected chi connectivity index (χ4v) is 1.07. The summed E-state index contributed by atoms with van der Waals surface area (Å²) in [5.41, 5.74) is 0.270. The largest absolute Gasteiger partial charge is 0.462 e. The van der Waals surface area contributed by atoms with Crippen molar-refractivity contribution in [2.24, 2.45) is 7.05 Å². The zero-order chi connectivity index (χ0) is 10.0. The molecule has 5 heteroatoms. The minimum Gasteiger partial charge on any atom is -0.462 e. The van der Waals surface area contributed by atoms with E-state index < -0.39 is 11.5 Å². The third-order valence-corrected chi connectivity index (χ3v) is 1.84. The summed E-state index contributed by atoms with van der Waals surface area (Å²) < 4.78 is 6.23. The monoisotopic (exact) mass is 184 g/mol. The number of hydrogen-bond acceptors (Lipinski definition) is 3. The Balaban J connectivity index is 3.14. The van der Waals surface area contributed by atoms with Gasteiger partial charge in [-0.05, 0) is 13.8 Å². The van der Waals surface area contributed by atoms with Gasteiger partial charge >= 0.3 is 5.97 Å². The number of H-pyrrole nitrogens is 1. The van der Waals surface area contributed by atoms with Crippen LogP contribution in [-0.2, 0) is 11.8 Å². The van der Waals surface area contributed by atoms with Gasteiger partial charge in [-0.2, -0.15) is 0 Å². The van der Waals surface area contributed by atoms with E-state index in [2.05, 4.69) is 5.10 Å². The van der Waals surface area contributed by atoms with Crippen molar-refractivity contribution in [2.75, 3.05) is 6.61 Å². The molecule has 0 aliphatic carbocycles. The van der Waals surface area contributed by atoms with Crippen LogP contribution in [0.2, 0.25) is 0 Å². The molecule has 1 aromatic heterocycles. The molecule has 1 heterocycles. The average Bonchev–Trinajstić information content (AvgIpc) is 2.27. The molecule has 0 fully saturated rings. The zero-order valence-electron chi connectivity index (χ0n) is 7.88. The fourth-order valence-electron chi connectivity index (χ4n) is 1.07. The van der Waals surface area contributed by atoms with Gasteiger partial charge in [0.1, 0.15) is 5.56 Å². The minimum atomic E-state index is -0.568. The van der Waals surface area contributed by atoms with Gasteiger partial charge in [0.15, 0.2) is 0 Å². The fraction of sp³-hybridized carbons (Fsp3) is 0.500. The van der Waals surface area contributed by atoms with E-state index in [1.54, 1.807) is 20.9 Å². The predicted octanol–water partition coefficient (Wildman–Crippen LogP) is 0.199. The van der Waals surface area contributed by atoms with Gasteiger partial charge in [0, 0.05) is 7.05 Å². The molecule has 0 aliphatic rings. The normalized spacial score (nSPS) is 10.1. The predicted molar refractivity (Wildman–Crippen MR) is 46.7 cm³/mol. The molecule has 1 rings (SSSR count). The number of esters is 1. The van der Waals surface area contributed by atoms with Crippen LogP contribution in [0.4, 0.5) is 0 Å². The van der Waals surface area contributed by atoms with E-state index in [-0.39, 0.29) is 12.2 Å². The number of aryl methyl sites for hydroxylation is 1. The number of aromatic amines is 1. The molecule has 0 saturated heterocycles. The topological polar surface area (TPSA) is 64.1 Å². The molecular formula is C8H12N2O3. The van der Waals surface area contributed by atoms with E-state index in [1.807, 2.05) is 0 Å². The van der Waals surface area contributed by atoms with Gasteiger partial charge in [0.25, 0.3) is 5.56 Å². The second-order valence-corrected chi connectivity index (χ2v) is 2.68. The van der Waals surface area contributed by atoms with Crippen molar-refractivity contribution >= 4 is 5.97 Å². The molecule has 1 aromatic rings. The number of carbonyl (C=O) groups excluding carboxylic acids is 1. The molecule has 0 aromatic carbocycles. The first-order valence-electron chi connectivity index (χ1n) is 4.00. The van der Waals surface area contributed by atoms with E-state index >= 15 is 0 Å². The van der Waals surface area contributed by atoms with Crippen molar-refractivity contribution in [1.29, 1.82) is 0 Å². The van der Waals surface area contributed by atoms with Crippen molar-refractivity contribution in [1.82, 2.24) is 9.78 Å². The smallest absolute Gasteiger partial charge is 0.345 e. The van der Waals surface area contributed by atoms with Crippen LogP contribution in [0, 0.1) is 6.92 Å². The maximum Gasteiger partial charge on any atom is 0.345 e. The van der Waals surface area contributed by atoms with Gasteiger partial charge in [-0.3, -0.25) is 14.6 Å². The molecule has 0 spiro atoms. The first-order valence-corrected chi connectivity index (χ1v) is 4.00. The number of ether oxygens (including phenoxy) is 1.